The molecule has 0 radical (unpaired) electrons. The third-order valence-corrected chi connectivity index (χ3v) is 5.51. The van der Waals surface area contributed by atoms with Crippen molar-refractivity contribution in [3.63, 3.8) is 0 Å². The van der Waals surface area contributed by atoms with Gasteiger partial charge in [0.25, 0.3) is 5.91 Å². The number of hydrogen-bond donors (Lipinski definition) is 2. The highest BCUT2D eigenvalue weighted by molar-refractivity contribution is 5.97. The second-order valence-corrected chi connectivity index (χ2v) is 7.45. The Hall–Kier alpha value is -3.26. The van der Waals surface area contributed by atoms with E-state index < -0.39 is 23.2 Å². The lowest BCUT2D eigenvalue weighted by Gasteiger charge is -2.38. The van der Waals surface area contributed by atoms with Gasteiger partial charge in [-0.1, -0.05) is 0 Å². The molecule has 1 aliphatic rings. The highest BCUT2D eigenvalue weighted by atomic mass is 19.1. The van der Waals surface area contributed by atoms with Gasteiger partial charge < -0.3 is 20.3 Å². The van der Waals surface area contributed by atoms with E-state index in [4.69, 9.17) is 5.73 Å². The lowest BCUT2D eigenvalue weighted by Crippen LogP contribution is -2.48. The predicted molar refractivity (Wildman–Crippen MR) is 105 cm³/mol. The quantitative estimate of drug-likeness (QED) is 0.704. The molecule has 7 nitrogen and oxygen atoms in total. The summed E-state index contributed by atoms with van der Waals surface area (Å²) in [4.78, 5) is 29.5. The molecule has 4 rings (SSSR count). The molecule has 0 spiro atoms. The van der Waals surface area contributed by atoms with Crippen LogP contribution >= 0.6 is 0 Å². The minimum atomic E-state index is -0.965. The summed E-state index contributed by atoms with van der Waals surface area (Å²) in [5.74, 6) is -1.99. The fourth-order valence-corrected chi connectivity index (χ4v) is 3.78. The van der Waals surface area contributed by atoms with E-state index >= 15 is 0 Å². The van der Waals surface area contributed by atoms with E-state index in [9.17, 15) is 19.1 Å². The van der Waals surface area contributed by atoms with Gasteiger partial charge in [-0.05, 0) is 43.2 Å². The largest absolute Gasteiger partial charge is 0.388 e. The molecule has 2 aromatic heterocycles. The van der Waals surface area contributed by atoms with Crippen LogP contribution in [0.2, 0.25) is 0 Å². The highest BCUT2D eigenvalue weighted by Crippen LogP contribution is 2.27. The Morgan fingerprint density at radius 3 is 2.66 bits per heavy atom. The fourth-order valence-electron chi connectivity index (χ4n) is 3.78. The first kappa shape index (κ1) is 19.1. The first-order valence-electron chi connectivity index (χ1n) is 9.36. The number of benzene rings is 1. The van der Waals surface area contributed by atoms with E-state index in [1.807, 2.05) is 22.9 Å². The number of fused-ring (bicyclic) bond motifs is 1. The van der Waals surface area contributed by atoms with Crippen molar-refractivity contribution in [1.82, 2.24) is 14.5 Å². The smallest absolute Gasteiger partial charge is 0.256 e. The van der Waals surface area contributed by atoms with Gasteiger partial charge in [0.1, 0.15) is 5.82 Å². The molecule has 8 heteroatoms. The Balaban J connectivity index is 1.44. The van der Waals surface area contributed by atoms with Crippen LogP contribution in [-0.2, 0) is 6.54 Å². The first-order valence-corrected chi connectivity index (χ1v) is 9.36. The van der Waals surface area contributed by atoms with Crippen LogP contribution in [0.3, 0.4) is 0 Å². The van der Waals surface area contributed by atoms with E-state index in [-0.39, 0.29) is 11.1 Å². The molecule has 3 N–H and O–H groups in total. The number of hydrogen-bond acceptors (Lipinski definition) is 4. The molecule has 0 atom stereocenters. The van der Waals surface area contributed by atoms with Crippen LogP contribution < -0.4 is 5.73 Å². The molecule has 0 unspecified atom stereocenters. The molecule has 1 aromatic carbocycles. The zero-order valence-corrected chi connectivity index (χ0v) is 15.7. The molecule has 1 fully saturated rings. The fraction of sp³-hybridized carbons (Fsp3) is 0.286. The van der Waals surface area contributed by atoms with Gasteiger partial charge in [0.15, 0.2) is 0 Å². The number of halogens is 1. The van der Waals surface area contributed by atoms with Gasteiger partial charge in [-0.15, -0.1) is 0 Å². The number of rotatable bonds is 4. The third kappa shape index (κ3) is 3.71. The van der Waals surface area contributed by atoms with Crippen molar-refractivity contribution < 1.29 is 19.1 Å². The number of aromatic nitrogens is 2. The normalized spacial score (nSPS) is 16.1. The lowest BCUT2D eigenvalue weighted by atomic mass is 9.90. The second-order valence-electron chi connectivity index (χ2n) is 7.45. The van der Waals surface area contributed by atoms with Gasteiger partial charge in [0, 0.05) is 36.4 Å². The summed E-state index contributed by atoms with van der Waals surface area (Å²) in [6.45, 7) is 1.01. The number of primary amides is 1. The van der Waals surface area contributed by atoms with E-state index in [1.165, 1.54) is 17.0 Å². The number of aliphatic hydroxyl groups is 1. The van der Waals surface area contributed by atoms with Crippen LogP contribution in [0.1, 0.15) is 33.6 Å². The van der Waals surface area contributed by atoms with Crippen LogP contribution in [0.15, 0.2) is 48.9 Å². The maximum absolute atomic E-state index is 14.3. The lowest BCUT2D eigenvalue weighted by molar-refractivity contribution is -0.0284. The average Bonchev–Trinajstić information content (AvgIpc) is 3.10. The van der Waals surface area contributed by atoms with Gasteiger partial charge in [-0.2, -0.15) is 0 Å². The molecular weight excluding hydrogens is 375 g/mol. The van der Waals surface area contributed by atoms with Crippen LogP contribution in [0.4, 0.5) is 4.39 Å². The molecule has 1 saturated heterocycles. The summed E-state index contributed by atoms with van der Waals surface area (Å²) in [7, 11) is 0. The maximum atomic E-state index is 14.3. The predicted octanol–water partition coefficient (Wildman–Crippen LogP) is 1.94. The topological polar surface area (TPSA) is 101 Å². The number of amides is 2. The second kappa shape index (κ2) is 7.29. The van der Waals surface area contributed by atoms with Crippen LogP contribution in [0.25, 0.3) is 10.9 Å². The molecule has 1 aliphatic heterocycles. The molecule has 0 aliphatic carbocycles. The molecule has 3 aromatic rings. The summed E-state index contributed by atoms with van der Waals surface area (Å²) in [6.07, 6.45) is 6.15. The Bertz CT molecular complexity index is 1090. The van der Waals surface area contributed by atoms with Crippen molar-refractivity contribution in [2.45, 2.75) is 25.0 Å². The number of pyridine rings is 1. The third-order valence-electron chi connectivity index (χ3n) is 5.51. The number of likely N-dealkylation sites (tertiary alicyclic amines) is 1. The van der Waals surface area contributed by atoms with Crippen molar-refractivity contribution in [3.05, 3.63) is 65.9 Å². The van der Waals surface area contributed by atoms with Crippen LogP contribution in [0.5, 0.6) is 0 Å². The Morgan fingerprint density at radius 2 is 1.97 bits per heavy atom. The summed E-state index contributed by atoms with van der Waals surface area (Å²) in [5, 5.41) is 12.1. The Morgan fingerprint density at radius 1 is 1.21 bits per heavy atom. The van der Waals surface area contributed by atoms with Gasteiger partial charge in [0.2, 0.25) is 5.91 Å². The zero-order chi connectivity index (χ0) is 20.6. The molecule has 29 heavy (non-hydrogen) atoms. The Kier molecular flexibility index (Phi) is 4.79. The minimum Gasteiger partial charge on any atom is -0.388 e. The van der Waals surface area contributed by atoms with Gasteiger partial charge in [-0.3, -0.25) is 14.6 Å². The summed E-state index contributed by atoms with van der Waals surface area (Å²) >= 11 is 0. The molecular formula is C21H21FN4O3. The van der Waals surface area contributed by atoms with E-state index in [0.29, 0.717) is 32.5 Å². The van der Waals surface area contributed by atoms with Crippen molar-refractivity contribution in [2.24, 2.45) is 5.73 Å². The number of carbonyl (C=O) groups is 2. The molecule has 150 valence electrons. The summed E-state index contributed by atoms with van der Waals surface area (Å²) in [5.41, 5.74) is 5.02. The van der Waals surface area contributed by atoms with E-state index in [1.54, 1.807) is 12.4 Å². The van der Waals surface area contributed by atoms with E-state index in [0.717, 1.165) is 17.0 Å². The van der Waals surface area contributed by atoms with Crippen LogP contribution in [-0.4, -0.2) is 50.1 Å². The number of piperidine rings is 1. The molecule has 0 saturated carbocycles. The Labute approximate surface area is 166 Å². The van der Waals surface area contributed by atoms with E-state index in [2.05, 4.69) is 4.98 Å². The first-order chi connectivity index (χ1) is 13.9. The molecule has 3 heterocycles. The zero-order valence-electron chi connectivity index (χ0n) is 15.7. The van der Waals surface area contributed by atoms with Gasteiger partial charge >= 0.3 is 0 Å². The average molecular weight is 396 g/mol. The molecule has 0 bridgehead atoms. The van der Waals surface area contributed by atoms with Crippen molar-refractivity contribution in [3.8, 4) is 0 Å². The number of nitrogens with two attached hydrogens (primary N) is 1. The monoisotopic (exact) mass is 396 g/mol. The van der Waals surface area contributed by atoms with Crippen molar-refractivity contribution >= 4 is 22.7 Å². The van der Waals surface area contributed by atoms with Gasteiger partial charge in [-0.25, -0.2) is 4.39 Å². The standard InChI is InChI=1S/C21H21FN4O3/c22-17-11-15(19(23)27)1-2-16(17)20(28)25-9-5-21(29,6-10-25)13-26-8-4-14-3-7-24-12-18(14)26/h1-4,7-8,11-12,29H,5-6,9-10,13H2,(H2,23,27). The summed E-state index contributed by atoms with van der Waals surface area (Å²) < 4.78 is 16.2. The highest BCUT2D eigenvalue weighted by Gasteiger charge is 2.35. The number of nitrogens with zero attached hydrogens (tertiary/aromatic N) is 3. The van der Waals surface area contributed by atoms with Crippen molar-refractivity contribution in [2.75, 3.05) is 13.1 Å². The minimum absolute atomic E-state index is 0.0144. The molecule has 2 amide bonds. The maximum Gasteiger partial charge on any atom is 0.256 e. The van der Waals surface area contributed by atoms with Gasteiger partial charge in [0.05, 0.1) is 29.4 Å². The van der Waals surface area contributed by atoms with Crippen LogP contribution in [0, 0.1) is 5.82 Å². The number of carbonyl (C=O) groups excluding carboxylic acids is 2. The van der Waals surface area contributed by atoms with Crippen molar-refractivity contribution in [1.29, 1.82) is 0 Å². The summed E-state index contributed by atoms with van der Waals surface area (Å²) in [6, 6.07) is 7.47. The SMILES string of the molecule is NC(=O)c1ccc(C(=O)N2CCC(O)(Cn3ccc4ccncc43)CC2)c(F)c1.